The fraction of sp³-hybridized carbons (Fsp3) is 0.222. The molecule has 0 spiro atoms. The number of hydrogen-bond acceptors (Lipinski definition) is 3. The van der Waals surface area contributed by atoms with Gasteiger partial charge < -0.3 is 10.2 Å². The summed E-state index contributed by atoms with van der Waals surface area (Å²) < 4.78 is 25.4. The third-order valence-electron chi connectivity index (χ3n) is 4.02. The average molecular weight is 360 g/mol. The molecule has 0 bridgehead atoms. The van der Waals surface area contributed by atoms with Crippen molar-refractivity contribution in [3.63, 3.8) is 0 Å². The second kappa shape index (κ2) is 7.14. The van der Waals surface area contributed by atoms with E-state index in [1.807, 2.05) is 0 Å². The maximum Gasteiger partial charge on any atom is 0.255 e. The van der Waals surface area contributed by atoms with Crippen molar-refractivity contribution in [1.82, 2.24) is 0 Å². The molecule has 7 heteroatoms. The zero-order chi connectivity index (χ0) is 18.0. The van der Waals surface area contributed by atoms with Crippen molar-refractivity contribution in [3.05, 3.63) is 53.8 Å². The number of carbonyl (C=O) groups is 2. The summed E-state index contributed by atoms with van der Waals surface area (Å²) in [7, 11) is -1.11. The Morgan fingerprint density at radius 3 is 2.52 bits per heavy atom. The smallest absolute Gasteiger partial charge is 0.255 e. The molecular weight excluding hydrogens is 343 g/mol. The standard InChI is InChI=1S/C18H17FN2O3S/c1-25(24)14-7-4-12(5-8-14)18(23)20-13-6-9-15(19)16(11-13)21-10-2-3-17(21)22/h4-9,11H,2-3,10H2,1H3,(H,20,23)/t25-/m0/s1. The third-order valence-corrected chi connectivity index (χ3v) is 4.95. The number of nitrogens with zero attached hydrogens (tertiary/aromatic N) is 1. The van der Waals surface area contributed by atoms with Crippen LogP contribution in [0.5, 0.6) is 0 Å². The zero-order valence-electron chi connectivity index (χ0n) is 13.6. The number of hydrogen-bond donors (Lipinski definition) is 1. The minimum atomic E-state index is -1.11. The van der Waals surface area contributed by atoms with E-state index in [2.05, 4.69) is 5.32 Å². The Kier molecular flexibility index (Phi) is 4.94. The van der Waals surface area contributed by atoms with E-state index in [1.54, 1.807) is 30.5 Å². The van der Waals surface area contributed by atoms with Crippen molar-refractivity contribution in [2.45, 2.75) is 17.7 Å². The number of carbonyl (C=O) groups excluding carboxylic acids is 2. The van der Waals surface area contributed by atoms with Crippen molar-refractivity contribution in [3.8, 4) is 0 Å². The number of amides is 2. The molecule has 2 amide bonds. The van der Waals surface area contributed by atoms with Crippen LogP contribution >= 0.6 is 0 Å². The van der Waals surface area contributed by atoms with Gasteiger partial charge in [-0.3, -0.25) is 13.8 Å². The summed E-state index contributed by atoms with van der Waals surface area (Å²) in [5, 5.41) is 2.69. The molecule has 0 saturated carbocycles. The summed E-state index contributed by atoms with van der Waals surface area (Å²) in [6.07, 6.45) is 2.66. The maximum absolute atomic E-state index is 14.0. The number of rotatable bonds is 4. The van der Waals surface area contributed by atoms with Gasteiger partial charge in [0.15, 0.2) is 0 Å². The molecule has 0 radical (unpaired) electrons. The average Bonchev–Trinajstić information content (AvgIpc) is 3.02. The van der Waals surface area contributed by atoms with Crippen LogP contribution in [0.25, 0.3) is 0 Å². The van der Waals surface area contributed by atoms with E-state index < -0.39 is 16.6 Å². The summed E-state index contributed by atoms with van der Waals surface area (Å²) in [6.45, 7) is 0.475. The van der Waals surface area contributed by atoms with Crippen LogP contribution in [0.3, 0.4) is 0 Å². The monoisotopic (exact) mass is 360 g/mol. The van der Waals surface area contributed by atoms with Gasteiger partial charge in [0.1, 0.15) is 5.82 Å². The van der Waals surface area contributed by atoms with Gasteiger partial charge in [-0.05, 0) is 48.9 Å². The first kappa shape index (κ1) is 17.3. The molecule has 25 heavy (non-hydrogen) atoms. The highest BCUT2D eigenvalue weighted by Gasteiger charge is 2.24. The topological polar surface area (TPSA) is 66.5 Å². The molecule has 1 fully saturated rings. The predicted molar refractivity (Wildman–Crippen MR) is 94.7 cm³/mol. The number of anilines is 2. The van der Waals surface area contributed by atoms with E-state index in [0.717, 1.165) is 0 Å². The van der Waals surface area contributed by atoms with E-state index in [1.165, 1.54) is 23.1 Å². The Bertz CT molecular complexity index is 852. The minimum absolute atomic E-state index is 0.120. The molecule has 2 aromatic rings. The van der Waals surface area contributed by atoms with Crippen LogP contribution in [0.1, 0.15) is 23.2 Å². The molecule has 1 heterocycles. The van der Waals surface area contributed by atoms with Crippen LogP contribution in [0.15, 0.2) is 47.4 Å². The van der Waals surface area contributed by atoms with Crippen molar-refractivity contribution >= 4 is 34.0 Å². The highest BCUT2D eigenvalue weighted by molar-refractivity contribution is 7.84. The molecule has 1 atom stereocenters. The molecule has 1 saturated heterocycles. The largest absolute Gasteiger partial charge is 0.322 e. The summed E-state index contributed by atoms with van der Waals surface area (Å²) in [5.41, 5.74) is 0.985. The van der Waals surface area contributed by atoms with Gasteiger partial charge >= 0.3 is 0 Å². The second-order valence-corrected chi connectivity index (χ2v) is 7.13. The molecule has 1 aliphatic heterocycles. The summed E-state index contributed by atoms with van der Waals surface area (Å²) in [4.78, 5) is 26.2. The van der Waals surface area contributed by atoms with Crippen LogP contribution in [0, 0.1) is 5.82 Å². The van der Waals surface area contributed by atoms with Gasteiger partial charge in [0.2, 0.25) is 5.91 Å². The lowest BCUT2D eigenvalue weighted by molar-refractivity contribution is -0.117. The third kappa shape index (κ3) is 3.76. The lowest BCUT2D eigenvalue weighted by atomic mass is 10.2. The molecule has 2 aromatic carbocycles. The van der Waals surface area contributed by atoms with Crippen LogP contribution in [0.2, 0.25) is 0 Å². The van der Waals surface area contributed by atoms with Gasteiger partial charge in [0, 0.05) is 46.2 Å². The predicted octanol–water partition coefficient (Wildman–Crippen LogP) is 2.94. The van der Waals surface area contributed by atoms with Crippen LogP contribution in [-0.2, 0) is 15.6 Å². The highest BCUT2D eigenvalue weighted by atomic mass is 32.2. The first-order chi connectivity index (χ1) is 12.0. The maximum atomic E-state index is 14.0. The van der Waals surface area contributed by atoms with Gasteiger partial charge in [-0.1, -0.05) is 0 Å². The zero-order valence-corrected chi connectivity index (χ0v) is 14.4. The highest BCUT2D eigenvalue weighted by Crippen LogP contribution is 2.27. The first-order valence-corrected chi connectivity index (χ1v) is 9.36. The molecule has 3 rings (SSSR count). The summed E-state index contributed by atoms with van der Waals surface area (Å²) >= 11 is 0. The van der Waals surface area contributed by atoms with Crippen molar-refractivity contribution < 1.29 is 18.2 Å². The SMILES string of the molecule is C[S@](=O)c1ccc(C(=O)Nc2ccc(F)c(N3CCCC3=O)c2)cc1. The van der Waals surface area contributed by atoms with Crippen molar-refractivity contribution in [2.24, 2.45) is 0 Å². The van der Waals surface area contributed by atoms with Crippen LogP contribution in [-0.4, -0.2) is 28.8 Å². The molecular formula is C18H17FN2O3S. The van der Waals surface area contributed by atoms with E-state index in [4.69, 9.17) is 0 Å². The minimum Gasteiger partial charge on any atom is -0.322 e. The van der Waals surface area contributed by atoms with Gasteiger partial charge in [-0.2, -0.15) is 0 Å². The Labute approximate surface area is 147 Å². The first-order valence-electron chi connectivity index (χ1n) is 7.80. The summed E-state index contributed by atoms with van der Waals surface area (Å²) in [6, 6.07) is 10.6. The number of benzene rings is 2. The number of nitrogens with one attached hydrogen (secondary N) is 1. The summed E-state index contributed by atoms with van der Waals surface area (Å²) in [5.74, 6) is -0.979. The Hall–Kier alpha value is -2.54. The Morgan fingerprint density at radius 2 is 1.92 bits per heavy atom. The van der Waals surface area contributed by atoms with Crippen molar-refractivity contribution in [1.29, 1.82) is 0 Å². The Balaban J connectivity index is 1.79. The molecule has 1 aliphatic rings. The van der Waals surface area contributed by atoms with Crippen molar-refractivity contribution in [2.75, 3.05) is 23.0 Å². The normalized spacial score (nSPS) is 15.3. The quantitative estimate of drug-likeness (QED) is 0.912. The van der Waals surface area contributed by atoms with E-state index in [0.29, 0.717) is 35.5 Å². The second-order valence-electron chi connectivity index (χ2n) is 5.75. The Morgan fingerprint density at radius 1 is 1.20 bits per heavy atom. The lowest BCUT2D eigenvalue weighted by Gasteiger charge is -2.17. The van der Waals surface area contributed by atoms with Crippen LogP contribution < -0.4 is 10.2 Å². The molecule has 130 valence electrons. The van der Waals surface area contributed by atoms with E-state index in [-0.39, 0.29) is 17.5 Å². The van der Waals surface area contributed by atoms with E-state index >= 15 is 0 Å². The van der Waals surface area contributed by atoms with Crippen LogP contribution in [0.4, 0.5) is 15.8 Å². The van der Waals surface area contributed by atoms with Gasteiger partial charge in [0.25, 0.3) is 5.91 Å². The van der Waals surface area contributed by atoms with Gasteiger partial charge in [-0.25, -0.2) is 4.39 Å². The fourth-order valence-corrected chi connectivity index (χ4v) is 3.22. The molecule has 0 unspecified atom stereocenters. The van der Waals surface area contributed by atoms with Gasteiger partial charge in [0.05, 0.1) is 5.69 Å². The number of halogens is 1. The molecule has 5 nitrogen and oxygen atoms in total. The van der Waals surface area contributed by atoms with Gasteiger partial charge in [-0.15, -0.1) is 0 Å². The molecule has 0 aliphatic carbocycles. The molecule has 1 N–H and O–H groups in total. The molecule has 0 aromatic heterocycles. The fourth-order valence-electron chi connectivity index (χ4n) is 2.70. The lowest BCUT2D eigenvalue weighted by Crippen LogP contribution is -2.25. The van der Waals surface area contributed by atoms with E-state index in [9.17, 15) is 18.2 Å².